The number of hydrogen-bond donors (Lipinski definition) is 1. The summed E-state index contributed by atoms with van der Waals surface area (Å²) in [6.07, 6.45) is 1.18. The number of likely N-dealkylation sites (N-methyl/N-ethyl adjacent to an activating group) is 1. The van der Waals surface area contributed by atoms with E-state index in [1.807, 2.05) is 13.8 Å². The summed E-state index contributed by atoms with van der Waals surface area (Å²) in [6.45, 7) is 7.66. The number of carbonyl (C=O) groups is 2. The zero-order valence-electron chi connectivity index (χ0n) is 11.3. The highest BCUT2D eigenvalue weighted by Gasteiger charge is 2.17. The molecule has 1 amide bonds. The second-order valence-corrected chi connectivity index (χ2v) is 4.16. The number of carboxylic acids is 1. The number of carbonyl (C=O) groups excluding carboxylic acids is 1. The molecule has 0 radical (unpaired) electrons. The van der Waals surface area contributed by atoms with Crippen molar-refractivity contribution in [1.82, 2.24) is 9.80 Å². The average Bonchev–Trinajstić information content (AvgIpc) is 2.29. The number of amides is 1. The van der Waals surface area contributed by atoms with E-state index in [1.165, 1.54) is 0 Å². The van der Waals surface area contributed by atoms with E-state index in [4.69, 9.17) is 5.11 Å². The molecule has 5 heteroatoms. The van der Waals surface area contributed by atoms with Gasteiger partial charge in [-0.25, -0.2) is 0 Å². The third-order valence-electron chi connectivity index (χ3n) is 3.04. The zero-order valence-corrected chi connectivity index (χ0v) is 11.3. The zero-order chi connectivity index (χ0) is 13.4. The van der Waals surface area contributed by atoms with Crippen molar-refractivity contribution in [3.63, 3.8) is 0 Å². The molecular formula is C12H24N2O3. The molecule has 0 aromatic carbocycles. The highest BCUT2D eigenvalue weighted by atomic mass is 16.4. The molecule has 0 heterocycles. The van der Waals surface area contributed by atoms with Gasteiger partial charge in [-0.05, 0) is 40.8 Å². The Hall–Kier alpha value is -1.10. The van der Waals surface area contributed by atoms with Crippen LogP contribution in [-0.2, 0) is 9.59 Å². The summed E-state index contributed by atoms with van der Waals surface area (Å²) in [5.74, 6) is -0.686. The van der Waals surface area contributed by atoms with Gasteiger partial charge in [0.1, 0.15) is 6.04 Å². The summed E-state index contributed by atoms with van der Waals surface area (Å²) in [6, 6.07) is -0.501. The lowest BCUT2D eigenvalue weighted by atomic mass is 10.2. The van der Waals surface area contributed by atoms with Gasteiger partial charge in [0.2, 0.25) is 5.91 Å². The van der Waals surface area contributed by atoms with E-state index in [-0.39, 0.29) is 5.91 Å². The summed E-state index contributed by atoms with van der Waals surface area (Å²) < 4.78 is 0. The van der Waals surface area contributed by atoms with Gasteiger partial charge in [-0.2, -0.15) is 0 Å². The summed E-state index contributed by atoms with van der Waals surface area (Å²) in [5.41, 5.74) is 0. The number of nitrogens with zero attached hydrogens (tertiary/aromatic N) is 2. The Morgan fingerprint density at radius 2 is 1.76 bits per heavy atom. The number of aliphatic carboxylic acids is 1. The van der Waals surface area contributed by atoms with Crippen molar-refractivity contribution < 1.29 is 14.7 Å². The summed E-state index contributed by atoms with van der Waals surface area (Å²) in [5, 5.41) is 8.81. The molecule has 5 nitrogen and oxygen atoms in total. The fraction of sp³-hybridized carbons (Fsp3) is 0.833. The highest BCUT2D eigenvalue weighted by Crippen LogP contribution is 2.02. The van der Waals surface area contributed by atoms with E-state index in [1.54, 1.807) is 23.8 Å². The number of rotatable bonds is 8. The SMILES string of the molecule is CCN(CC)C(=O)CCCN(C)C(C)C(=O)O. The first-order valence-electron chi connectivity index (χ1n) is 6.14. The van der Waals surface area contributed by atoms with Crippen LogP contribution in [0.4, 0.5) is 0 Å². The van der Waals surface area contributed by atoms with Crippen molar-refractivity contribution in [2.24, 2.45) is 0 Å². The number of carboxylic acid groups (broad SMARTS) is 1. The average molecular weight is 244 g/mol. The summed E-state index contributed by atoms with van der Waals surface area (Å²) in [7, 11) is 1.76. The fourth-order valence-corrected chi connectivity index (χ4v) is 1.60. The van der Waals surface area contributed by atoms with Crippen LogP contribution in [0.2, 0.25) is 0 Å². The van der Waals surface area contributed by atoms with Crippen LogP contribution in [0.15, 0.2) is 0 Å². The molecule has 1 unspecified atom stereocenters. The Labute approximate surface area is 103 Å². The van der Waals surface area contributed by atoms with Gasteiger partial charge in [0.15, 0.2) is 0 Å². The third-order valence-corrected chi connectivity index (χ3v) is 3.04. The van der Waals surface area contributed by atoms with Gasteiger partial charge in [-0.1, -0.05) is 0 Å². The standard InChI is InChI=1S/C12H24N2O3/c1-5-14(6-2)11(15)8-7-9-13(4)10(3)12(16)17/h10H,5-9H2,1-4H3,(H,16,17). The van der Waals surface area contributed by atoms with Gasteiger partial charge in [0, 0.05) is 19.5 Å². The molecule has 0 aliphatic carbocycles. The molecular weight excluding hydrogens is 220 g/mol. The lowest BCUT2D eigenvalue weighted by molar-refractivity contribution is -0.142. The van der Waals surface area contributed by atoms with Crippen molar-refractivity contribution in [3.05, 3.63) is 0 Å². The molecule has 0 rings (SSSR count). The maximum atomic E-state index is 11.7. The van der Waals surface area contributed by atoms with Crippen molar-refractivity contribution in [3.8, 4) is 0 Å². The minimum Gasteiger partial charge on any atom is -0.480 e. The normalized spacial score (nSPS) is 12.5. The van der Waals surface area contributed by atoms with E-state index in [2.05, 4.69) is 0 Å². The Balaban J connectivity index is 3.91. The molecule has 0 bridgehead atoms. The van der Waals surface area contributed by atoms with Crippen LogP contribution in [-0.4, -0.2) is 59.5 Å². The van der Waals surface area contributed by atoms with Gasteiger partial charge in [-0.15, -0.1) is 0 Å². The van der Waals surface area contributed by atoms with E-state index < -0.39 is 12.0 Å². The Bertz CT molecular complexity index is 252. The van der Waals surface area contributed by atoms with Crippen molar-refractivity contribution >= 4 is 11.9 Å². The minimum atomic E-state index is -0.831. The van der Waals surface area contributed by atoms with E-state index >= 15 is 0 Å². The molecule has 100 valence electrons. The van der Waals surface area contributed by atoms with E-state index in [0.29, 0.717) is 19.4 Å². The van der Waals surface area contributed by atoms with Crippen LogP contribution in [0, 0.1) is 0 Å². The van der Waals surface area contributed by atoms with Gasteiger partial charge in [-0.3, -0.25) is 14.5 Å². The quantitative estimate of drug-likeness (QED) is 0.693. The minimum absolute atomic E-state index is 0.145. The van der Waals surface area contributed by atoms with Crippen LogP contribution in [0.1, 0.15) is 33.6 Å². The lowest BCUT2D eigenvalue weighted by Crippen LogP contribution is -2.37. The Kier molecular flexibility index (Phi) is 7.54. The van der Waals surface area contributed by atoms with Crippen LogP contribution < -0.4 is 0 Å². The third kappa shape index (κ3) is 5.68. The van der Waals surface area contributed by atoms with E-state index in [0.717, 1.165) is 13.1 Å². The molecule has 17 heavy (non-hydrogen) atoms. The Morgan fingerprint density at radius 1 is 1.24 bits per heavy atom. The fourth-order valence-electron chi connectivity index (χ4n) is 1.60. The molecule has 0 aliphatic heterocycles. The maximum Gasteiger partial charge on any atom is 0.320 e. The van der Waals surface area contributed by atoms with Crippen LogP contribution in [0.5, 0.6) is 0 Å². The summed E-state index contributed by atoms with van der Waals surface area (Å²) >= 11 is 0. The van der Waals surface area contributed by atoms with Gasteiger partial charge < -0.3 is 10.0 Å². The van der Waals surface area contributed by atoms with Crippen LogP contribution in [0.3, 0.4) is 0 Å². The second-order valence-electron chi connectivity index (χ2n) is 4.16. The van der Waals surface area contributed by atoms with Gasteiger partial charge in [0.25, 0.3) is 0 Å². The first-order chi connectivity index (χ1) is 7.93. The van der Waals surface area contributed by atoms with Crippen molar-refractivity contribution in [2.75, 3.05) is 26.7 Å². The first kappa shape index (κ1) is 15.9. The molecule has 0 saturated carbocycles. The molecule has 1 N–H and O–H groups in total. The largest absolute Gasteiger partial charge is 0.480 e. The molecule has 0 spiro atoms. The lowest BCUT2D eigenvalue weighted by Gasteiger charge is -2.22. The molecule has 0 aromatic rings. The van der Waals surface area contributed by atoms with Crippen molar-refractivity contribution in [1.29, 1.82) is 0 Å². The van der Waals surface area contributed by atoms with Crippen molar-refractivity contribution in [2.45, 2.75) is 39.7 Å². The topological polar surface area (TPSA) is 60.9 Å². The van der Waals surface area contributed by atoms with Crippen LogP contribution in [0.25, 0.3) is 0 Å². The maximum absolute atomic E-state index is 11.7. The molecule has 1 atom stereocenters. The predicted molar refractivity (Wildman–Crippen MR) is 66.9 cm³/mol. The smallest absolute Gasteiger partial charge is 0.320 e. The molecule has 0 fully saturated rings. The first-order valence-corrected chi connectivity index (χ1v) is 6.14. The predicted octanol–water partition coefficient (Wildman–Crippen LogP) is 1.04. The summed E-state index contributed by atoms with van der Waals surface area (Å²) in [4.78, 5) is 25.9. The molecule has 0 saturated heterocycles. The monoisotopic (exact) mass is 244 g/mol. The molecule has 0 aliphatic rings. The Morgan fingerprint density at radius 3 is 2.18 bits per heavy atom. The van der Waals surface area contributed by atoms with Crippen LogP contribution >= 0.6 is 0 Å². The van der Waals surface area contributed by atoms with Gasteiger partial charge in [0.05, 0.1) is 0 Å². The number of hydrogen-bond acceptors (Lipinski definition) is 3. The van der Waals surface area contributed by atoms with Gasteiger partial charge >= 0.3 is 5.97 Å². The van der Waals surface area contributed by atoms with E-state index in [9.17, 15) is 9.59 Å². The highest BCUT2D eigenvalue weighted by molar-refractivity contribution is 5.76. The molecule has 0 aromatic heterocycles. The second kappa shape index (κ2) is 8.06.